The van der Waals surface area contributed by atoms with Crippen molar-refractivity contribution >= 4 is 16.8 Å². The Morgan fingerprint density at radius 1 is 1.00 bits per heavy atom. The molecule has 0 fully saturated rings. The van der Waals surface area contributed by atoms with Gasteiger partial charge in [0.15, 0.2) is 5.78 Å². The molecule has 0 radical (unpaired) electrons. The van der Waals surface area contributed by atoms with Gasteiger partial charge in [0.2, 0.25) is 0 Å². The smallest absolute Gasteiger partial charge is 0.336 e. The molecule has 2 heterocycles. The summed E-state index contributed by atoms with van der Waals surface area (Å²) in [6.45, 7) is 3.67. The van der Waals surface area contributed by atoms with Gasteiger partial charge in [-0.2, -0.15) is 0 Å². The third-order valence-corrected chi connectivity index (χ3v) is 4.46. The Balaban J connectivity index is 1.97. The number of carbonyl (C=O) groups is 1. The maximum atomic E-state index is 12.7. The van der Waals surface area contributed by atoms with Crippen molar-refractivity contribution in [3.63, 3.8) is 0 Å². The number of Topliss-reactive ketones (excluding diaryl/α,β-unsaturated/α-hetero) is 1. The van der Waals surface area contributed by atoms with Crippen LogP contribution in [0.2, 0.25) is 0 Å². The summed E-state index contributed by atoms with van der Waals surface area (Å²) in [5, 5.41) is 0.698. The average Bonchev–Trinajstić information content (AvgIpc) is 2.54. The largest absolute Gasteiger partial charge is 0.484 e. The van der Waals surface area contributed by atoms with Gasteiger partial charge >= 0.3 is 5.63 Å². The summed E-state index contributed by atoms with van der Waals surface area (Å²) in [5.74, 6) is 0.575. The molecule has 0 N–H and O–H groups in total. The minimum atomic E-state index is -0.402. The normalized spacial score (nSPS) is 16.8. The van der Waals surface area contributed by atoms with Gasteiger partial charge in [0.1, 0.15) is 17.4 Å². The van der Waals surface area contributed by atoms with E-state index >= 15 is 0 Å². The first-order valence-corrected chi connectivity index (χ1v) is 7.87. The molecule has 1 aliphatic heterocycles. The fourth-order valence-electron chi connectivity index (χ4n) is 3.37. The molecule has 4 nitrogen and oxygen atoms in total. The minimum absolute atomic E-state index is 0.0510. The quantitative estimate of drug-likeness (QED) is 0.633. The van der Waals surface area contributed by atoms with Gasteiger partial charge in [0.05, 0.1) is 17.4 Å². The van der Waals surface area contributed by atoms with Crippen LogP contribution in [0.5, 0.6) is 5.75 Å². The van der Waals surface area contributed by atoms with Crippen molar-refractivity contribution in [2.75, 3.05) is 0 Å². The molecular weight excluding hydrogens is 304 g/mol. The Morgan fingerprint density at radius 2 is 1.75 bits per heavy atom. The number of hydrogen-bond acceptors (Lipinski definition) is 4. The van der Waals surface area contributed by atoms with Gasteiger partial charge in [-0.1, -0.05) is 30.3 Å². The van der Waals surface area contributed by atoms with Crippen LogP contribution >= 0.6 is 0 Å². The molecule has 1 aliphatic rings. The molecule has 120 valence electrons. The van der Waals surface area contributed by atoms with Crippen molar-refractivity contribution in [3.05, 3.63) is 75.1 Å². The lowest BCUT2D eigenvalue weighted by Crippen LogP contribution is -2.22. The topological polar surface area (TPSA) is 56.5 Å². The van der Waals surface area contributed by atoms with Gasteiger partial charge in [-0.15, -0.1) is 0 Å². The third kappa shape index (κ3) is 2.22. The van der Waals surface area contributed by atoms with Crippen molar-refractivity contribution < 1.29 is 13.9 Å². The van der Waals surface area contributed by atoms with E-state index in [9.17, 15) is 9.59 Å². The predicted octanol–water partition coefficient (Wildman–Crippen LogP) is 4.12. The van der Waals surface area contributed by atoms with E-state index in [0.717, 1.165) is 16.7 Å². The Labute approximate surface area is 138 Å². The highest BCUT2D eigenvalue weighted by Gasteiger charge is 2.31. The highest BCUT2D eigenvalue weighted by molar-refractivity contribution is 6.07. The van der Waals surface area contributed by atoms with Crippen LogP contribution in [0.3, 0.4) is 0 Å². The highest BCUT2D eigenvalue weighted by atomic mass is 16.5. The summed E-state index contributed by atoms with van der Waals surface area (Å²) in [5.41, 5.74) is 3.12. The second-order valence-corrected chi connectivity index (χ2v) is 6.16. The average molecular weight is 320 g/mol. The zero-order chi connectivity index (χ0) is 16.8. The maximum Gasteiger partial charge on any atom is 0.336 e. The van der Waals surface area contributed by atoms with Crippen molar-refractivity contribution in [3.8, 4) is 5.75 Å². The molecule has 0 saturated carbocycles. The van der Waals surface area contributed by atoms with E-state index in [1.807, 2.05) is 44.2 Å². The first kappa shape index (κ1) is 14.7. The fourth-order valence-corrected chi connectivity index (χ4v) is 3.37. The molecule has 3 aromatic rings. The van der Waals surface area contributed by atoms with Gasteiger partial charge in [0.25, 0.3) is 0 Å². The van der Waals surface area contributed by atoms with E-state index in [0.29, 0.717) is 28.7 Å². The number of benzene rings is 2. The van der Waals surface area contributed by atoms with Crippen molar-refractivity contribution in [2.24, 2.45) is 0 Å². The number of fused-ring (bicyclic) bond motifs is 3. The standard InChI is InChI=1S/C20H16O4/c1-11-8-16-19(12(2)9-17(22)23-16)20-18(11)14(21)10-15(24-20)13-6-4-3-5-7-13/h3-9,15H,10H2,1-2H3/t15-/m1/s1. The Morgan fingerprint density at radius 3 is 2.50 bits per heavy atom. The number of aryl methyl sites for hydroxylation is 2. The predicted molar refractivity (Wildman–Crippen MR) is 90.7 cm³/mol. The van der Waals surface area contributed by atoms with Crippen LogP contribution in [0.25, 0.3) is 11.0 Å². The summed E-state index contributed by atoms with van der Waals surface area (Å²) in [6, 6.07) is 12.9. The van der Waals surface area contributed by atoms with Crippen molar-refractivity contribution in [1.29, 1.82) is 0 Å². The van der Waals surface area contributed by atoms with Gasteiger partial charge in [0, 0.05) is 6.07 Å². The number of ketones is 1. The summed E-state index contributed by atoms with van der Waals surface area (Å²) in [6.07, 6.45) is -0.0262. The van der Waals surface area contributed by atoms with E-state index in [4.69, 9.17) is 9.15 Å². The SMILES string of the molecule is Cc1cc2oc(=O)cc(C)c2c2c1C(=O)C[C@H](c1ccccc1)O2. The molecule has 0 saturated heterocycles. The first-order chi connectivity index (χ1) is 11.5. The van der Waals surface area contributed by atoms with Gasteiger partial charge in [-0.05, 0) is 36.6 Å². The molecular formula is C20H16O4. The molecule has 1 atom stereocenters. The molecule has 1 aromatic heterocycles. The van der Waals surface area contributed by atoms with Gasteiger partial charge in [-0.25, -0.2) is 4.79 Å². The number of hydrogen-bond donors (Lipinski definition) is 0. The molecule has 0 amide bonds. The number of carbonyl (C=O) groups excluding carboxylic acids is 1. The van der Waals surface area contributed by atoms with Gasteiger partial charge in [-0.3, -0.25) is 4.79 Å². The Kier molecular flexibility index (Phi) is 3.27. The zero-order valence-electron chi connectivity index (χ0n) is 13.5. The second-order valence-electron chi connectivity index (χ2n) is 6.16. The van der Waals surface area contributed by atoms with E-state index in [1.54, 1.807) is 6.07 Å². The lowest BCUT2D eigenvalue weighted by molar-refractivity contribution is 0.0852. The summed E-state index contributed by atoms with van der Waals surface area (Å²) in [7, 11) is 0. The van der Waals surface area contributed by atoms with E-state index in [2.05, 4.69) is 0 Å². The fraction of sp³-hybridized carbons (Fsp3) is 0.200. The van der Waals surface area contributed by atoms with Crippen molar-refractivity contribution in [1.82, 2.24) is 0 Å². The summed E-state index contributed by atoms with van der Waals surface area (Å²) in [4.78, 5) is 24.4. The minimum Gasteiger partial charge on any atom is -0.484 e. The molecule has 4 heteroatoms. The summed E-state index contributed by atoms with van der Waals surface area (Å²) >= 11 is 0. The molecule has 2 aromatic carbocycles. The number of ether oxygens (including phenoxy) is 1. The Bertz CT molecular complexity index is 1020. The maximum absolute atomic E-state index is 12.7. The first-order valence-electron chi connectivity index (χ1n) is 7.87. The van der Waals surface area contributed by atoms with Crippen LogP contribution in [0, 0.1) is 13.8 Å². The van der Waals surface area contributed by atoms with Crippen LogP contribution in [0.15, 0.2) is 51.7 Å². The second kappa shape index (κ2) is 5.34. The molecule has 0 bridgehead atoms. The van der Waals surface area contributed by atoms with Crippen LogP contribution in [0.1, 0.15) is 39.6 Å². The lowest BCUT2D eigenvalue weighted by atomic mass is 9.91. The third-order valence-electron chi connectivity index (χ3n) is 4.46. The molecule has 4 rings (SSSR count). The molecule has 0 aliphatic carbocycles. The lowest BCUT2D eigenvalue weighted by Gasteiger charge is -2.28. The van der Waals surface area contributed by atoms with E-state index in [-0.39, 0.29) is 11.9 Å². The molecule has 24 heavy (non-hydrogen) atoms. The zero-order valence-corrected chi connectivity index (χ0v) is 13.5. The molecule has 0 unspecified atom stereocenters. The molecule has 0 spiro atoms. The number of rotatable bonds is 1. The monoisotopic (exact) mass is 320 g/mol. The summed E-state index contributed by atoms with van der Waals surface area (Å²) < 4.78 is 11.5. The van der Waals surface area contributed by atoms with Gasteiger partial charge < -0.3 is 9.15 Å². The van der Waals surface area contributed by atoms with E-state index < -0.39 is 5.63 Å². The van der Waals surface area contributed by atoms with Crippen LogP contribution < -0.4 is 10.4 Å². The van der Waals surface area contributed by atoms with E-state index in [1.165, 1.54) is 6.07 Å². The van der Waals surface area contributed by atoms with Crippen LogP contribution in [-0.4, -0.2) is 5.78 Å². The Hall–Kier alpha value is -2.88. The highest BCUT2D eigenvalue weighted by Crippen LogP contribution is 2.42. The van der Waals surface area contributed by atoms with Crippen LogP contribution in [0.4, 0.5) is 0 Å². The van der Waals surface area contributed by atoms with Crippen molar-refractivity contribution in [2.45, 2.75) is 26.4 Å². The van der Waals surface area contributed by atoms with Crippen LogP contribution in [-0.2, 0) is 0 Å².